The van der Waals surface area contributed by atoms with E-state index in [-0.39, 0.29) is 0 Å². The molecule has 0 saturated heterocycles. The van der Waals surface area contributed by atoms with Crippen LogP contribution in [0.4, 0.5) is 0 Å². The first-order chi connectivity index (χ1) is 16.8. The number of hydrogen-bond acceptors (Lipinski definition) is 2. The lowest BCUT2D eigenvalue weighted by Gasteiger charge is -2.22. The summed E-state index contributed by atoms with van der Waals surface area (Å²) in [4.78, 5) is 3.97. The van der Waals surface area contributed by atoms with E-state index in [4.69, 9.17) is 0 Å². The molecule has 2 aliphatic rings. The van der Waals surface area contributed by atoms with E-state index >= 15 is 0 Å². The Hall–Kier alpha value is -3.34. The van der Waals surface area contributed by atoms with Crippen molar-refractivity contribution >= 4 is 34.8 Å². The van der Waals surface area contributed by atoms with Gasteiger partial charge in [0.25, 0.3) is 0 Å². The van der Waals surface area contributed by atoms with Gasteiger partial charge in [0, 0.05) is 51.7 Å². The van der Waals surface area contributed by atoms with Crippen LogP contribution in [0, 0.1) is 0 Å². The second-order valence-electron chi connectivity index (χ2n) is 8.96. The molecule has 0 spiro atoms. The highest BCUT2D eigenvalue weighted by molar-refractivity contribution is 7.21. The standard InChI is InChI=1S/C30H24N2S2/c1-2-15-31-17-13-22-7-8-23-14-18-32-16-12-21(20-26(32)30(23)29(22)25(31)4-1)6-9-24-10-11-28(34-24)27-5-3-19-33-27/h1-12,15-16,19-20H,13-14,17-18H2/q+2. The Balaban J connectivity index is 1.30. The van der Waals surface area contributed by atoms with Gasteiger partial charge in [-0.05, 0) is 52.4 Å². The van der Waals surface area contributed by atoms with E-state index in [0.29, 0.717) is 0 Å². The second-order valence-corrected chi connectivity index (χ2v) is 11.0. The third kappa shape index (κ3) is 3.37. The topological polar surface area (TPSA) is 7.76 Å². The van der Waals surface area contributed by atoms with Crippen molar-refractivity contribution < 1.29 is 9.13 Å². The van der Waals surface area contributed by atoms with Crippen LogP contribution in [0.3, 0.4) is 0 Å². The van der Waals surface area contributed by atoms with Crippen molar-refractivity contribution in [3.63, 3.8) is 0 Å². The van der Waals surface area contributed by atoms with E-state index in [0.717, 1.165) is 25.9 Å². The van der Waals surface area contributed by atoms with Gasteiger partial charge >= 0.3 is 0 Å². The predicted octanol–water partition coefficient (Wildman–Crippen LogP) is 6.67. The van der Waals surface area contributed by atoms with Crippen molar-refractivity contribution in [3.05, 3.63) is 106 Å². The molecular weight excluding hydrogens is 452 g/mol. The molecule has 2 nitrogen and oxygen atoms in total. The van der Waals surface area contributed by atoms with Gasteiger partial charge in [-0.1, -0.05) is 24.3 Å². The number of hydrogen-bond donors (Lipinski definition) is 0. The maximum Gasteiger partial charge on any atom is 0.214 e. The van der Waals surface area contributed by atoms with Gasteiger partial charge in [-0.25, -0.2) is 0 Å². The quantitative estimate of drug-likeness (QED) is 0.257. The first-order valence-electron chi connectivity index (χ1n) is 11.8. The molecule has 164 valence electrons. The van der Waals surface area contributed by atoms with Gasteiger partial charge in [0.1, 0.15) is 0 Å². The Labute approximate surface area is 207 Å². The summed E-state index contributed by atoms with van der Waals surface area (Å²) in [5, 5.41) is 2.14. The highest BCUT2D eigenvalue weighted by atomic mass is 32.1. The number of fused-ring (bicyclic) bond motifs is 7. The molecule has 2 aliphatic heterocycles. The number of pyridine rings is 2. The van der Waals surface area contributed by atoms with Crippen LogP contribution < -0.4 is 9.13 Å². The monoisotopic (exact) mass is 476 g/mol. The van der Waals surface area contributed by atoms with Gasteiger partial charge in [-0.15, -0.1) is 22.7 Å². The van der Waals surface area contributed by atoms with Crippen molar-refractivity contribution in [2.45, 2.75) is 25.9 Å². The first kappa shape index (κ1) is 20.1. The Morgan fingerprint density at radius 2 is 1.50 bits per heavy atom. The van der Waals surface area contributed by atoms with Crippen LogP contribution in [-0.4, -0.2) is 0 Å². The van der Waals surface area contributed by atoms with E-state index in [1.54, 1.807) is 11.3 Å². The number of thiophene rings is 2. The Morgan fingerprint density at radius 1 is 0.676 bits per heavy atom. The van der Waals surface area contributed by atoms with E-state index < -0.39 is 0 Å². The molecule has 0 unspecified atom stereocenters. The van der Waals surface area contributed by atoms with Crippen LogP contribution in [0.1, 0.15) is 21.6 Å². The Kier molecular flexibility index (Phi) is 4.81. The van der Waals surface area contributed by atoms with E-state index in [9.17, 15) is 0 Å². The minimum absolute atomic E-state index is 1.04. The normalized spacial score (nSPS) is 13.9. The number of aromatic nitrogens is 2. The summed E-state index contributed by atoms with van der Waals surface area (Å²) >= 11 is 3.65. The molecule has 34 heavy (non-hydrogen) atoms. The molecule has 0 radical (unpaired) electrons. The van der Waals surface area contributed by atoms with Crippen molar-refractivity contribution in [3.8, 4) is 32.3 Å². The molecule has 0 atom stereocenters. The van der Waals surface area contributed by atoms with E-state index in [1.165, 1.54) is 53.8 Å². The molecule has 4 aromatic heterocycles. The lowest BCUT2D eigenvalue weighted by Crippen LogP contribution is -2.43. The van der Waals surface area contributed by atoms with Gasteiger partial charge in [-0.2, -0.15) is 9.13 Å². The summed E-state index contributed by atoms with van der Waals surface area (Å²) in [6.45, 7) is 2.09. The fourth-order valence-electron chi connectivity index (χ4n) is 5.30. The molecule has 5 aromatic rings. The van der Waals surface area contributed by atoms with Crippen LogP contribution >= 0.6 is 22.7 Å². The van der Waals surface area contributed by atoms with Gasteiger partial charge in [-0.3, -0.25) is 0 Å². The molecule has 0 amide bonds. The largest absolute Gasteiger partial charge is 0.214 e. The average molecular weight is 477 g/mol. The molecular formula is C30H24N2S2+2. The fourth-order valence-corrected chi connectivity index (χ4v) is 7.05. The molecule has 0 fully saturated rings. The third-order valence-corrected chi connectivity index (χ3v) is 9.08. The maximum absolute atomic E-state index is 2.43. The zero-order chi connectivity index (χ0) is 22.5. The number of nitrogens with zero attached hydrogens (tertiary/aromatic N) is 2. The van der Waals surface area contributed by atoms with Crippen LogP contribution in [0.2, 0.25) is 0 Å². The summed E-state index contributed by atoms with van der Waals surface area (Å²) in [6, 6.07) is 24.7. The van der Waals surface area contributed by atoms with Crippen LogP contribution in [0.15, 0.2) is 84.5 Å². The van der Waals surface area contributed by atoms with Crippen molar-refractivity contribution in [2.75, 3.05) is 0 Å². The molecule has 0 aliphatic carbocycles. The molecule has 1 aromatic carbocycles. The van der Waals surface area contributed by atoms with Gasteiger partial charge < -0.3 is 0 Å². The molecule has 4 heteroatoms. The Morgan fingerprint density at radius 3 is 2.32 bits per heavy atom. The average Bonchev–Trinajstić information content (AvgIpc) is 3.59. The highest BCUT2D eigenvalue weighted by Gasteiger charge is 2.33. The second kappa shape index (κ2) is 8.15. The minimum Gasteiger partial charge on any atom is -0.198 e. The summed E-state index contributed by atoms with van der Waals surface area (Å²) < 4.78 is 4.84. The lowest BCUT2D eigenvalue weighted by atomic mass is 9.85. The number of aryl methyl sites for hydroxylation is 4. The van der Waals surface area contributed by atoms with Crippen molar-refractivity contribution in [2.24, 2.45) is 0 Å². The van der Waals surface area contributed by atoms with E-state index in [1.807, 2.05) is 11.3 Å². The van der Waals surface area contributed by atoms with Crippen molar-refractivity contribution in [1.29, 1.82) is 0 Å². The lowest BCUT2D eigenvalue weighted by molar-refractivity contribution is -0.689. The zero-order valence-electron chi connectivity index (χ0n) is 18.8. The minimum atomic E-state index is 1.04. The summed E-state index contributed by atoms with van der Waals surface area (Å²) in [5.41, 5.74) is 9.72. The molecule has 0 saturated carbocycles. The number of rotatable bonds is 3. The Bertz CT molecular complexity index is 1560. The highest BCUT2D eigenvalue weighted by Crippen LogP contribution is 2.39. The van der Waals surface area contributed by atoms with Gasteiger partial charge in [0.2, 0.25) is 11.4 Å². The maximum atomic E-state index is 2.43. The van der Waals surface area contributed by atoms with Gasteiger partial charge in [0.15, 0.2) is 25.5 Å². The number of benzene rings is 1. The summed E-state index contributed by atoms with van der Waals surface area (Å²) in [7, 11) is 0. The molecule has 7 rings (SSSR count). The first-order valence-corrected chi connectivity index (χ1v) is 13.5. The molecule has 0 N–H and O–H groups in total. The van der Waals surface area contributed by atoms with Crippen molar-refractivity contribution in [1.82, 2.24) is 0 Å². The van der Waals surface area contributed by atoms with Gasteiger partial charge in [0.05, 0.1) is 11.1 Å². The summed E-state index contributed by atoms with van der Waals surface area (Å²) in [5.74, 6) is 0. The van der Waals surface area contributed by atoms with E-state index in [2.05, 4.69) is 106 Å². The SMILES string of the molecule is C(=Cc1ccc(-c2cccs2)s1)c1cc[n+]2c(c1)-c1c(ccc3c1-c1cccc[n+]1CC3)CC2. The molecule has 0 bridgehead atoms. The zero-order valence-corrected chi connectivity index (χ0v) is 20.4. The third-order valence-electron chi connectivity index (χ3n) is 6.97. The smallest absolute Gasteiger partial charge is 0.198 e. The fraction of sp³-hybridized carbons (Fsp3) is 0.133. The van der Waals surface area contributed by atoms with Crippen LogP contribution in [-0.2, 0) is 25.9 Å². The van der Waals surface area contributed by atoms with Crippen LogP contribution in [0.25, 0.3) is 44.4 Å². The van der Waals surface area contributed by atoms with Crippen LogP contribution in [0.5, 0.6) is 0 Å². The predicted molar refractivity (Wildman–Crippen MR) is 142 cm³/mol. The molecule has 6 heterocycles. The summed E-state index contributed by atoms with van der Waals surface area (Å²) in [6.07, 6.45) is 11.2.